The van der Waals surface area contributed by atoms with Gasteiger partial charge in [0.05, 0.1) is 0 Å². The van der Waals surface area contributed by atoms with Gasteiger partial charge < -0.3 is 5.32 Å². The van der Waals surface area contributed by atoms with Gasteiger partial charge in [0.15, 0.2) is 0 Å². The number of rotatable bonds is 2. The molecule has 0 aromatic rings. The van der Waals surface area contributed by atoms with Crippen LogP contribution in [0.4, 0.5) is 0 Å². The molecule has 3 fully saturated rings. The van der Waals surface area contributed by atoms with Crippen LogP contribution in [0.3, 0.4) is 0 Å². The Labute approximate surface area is 111 Å². The Morgan fingerprint density at radius 3 is 2.50 bits per heavy atom. The molecule has 0 radical (unpaired) electrons. The fraction of sp³-hybridized carbons (Fsp3) is 0.938. The van der Waals surface area contributed by atoms with Crippen LogP contribution in [0.2, 0.25) is 0 Å². The van der Waals surface area contributed by atoms with E-state index in [2.05, 4.69) is 33.0 Å². The number of nitrogens with one attached hydrogen (secondary N) is 1. The zero-order chi connectivity index (χ0) is 13.1. The molecule has 3 aliphatic carbocycles. The first-order valence-electron chi connectivity index (χ1n) is 7.63. The largest absolute Gasteiger partial charge is 0.353 e. The molecule has 0 spiro atoms. The summed E-state index contributed by atoms with van der Waals surface area (Å²) in [6, 6.07) is 0. The van der Waals surface area contributed by atoms with Gasteiger partial charge in [-0.25, -0.2) is 0 Å². The molecular weight excluding hydrogens is 222 g/mol. The van der Waals surface area contributed by atoms with E-state index in [0.717, 1.165) is 30.1 Å². The molecule has 0 aliphatic heterocycles. The third-order valence-electron chi connectivity index (χ3n) is 6.79. The minimum Gasteiger partial charge on any atom is -0.353 e. The van der Waals surface area contributed by atoms with Crippen LogP contribution in [0, 0.1) is 35.0 Å². The van der Waals surface area contributed by atoms with E-state index in [-0.39, 0.29) is 5.54 Å². The van der Waals surface area contributed by atoms with Crippen LogP contribution < -0.4 is 5.32 Å². The molecular formula is C16H27NO. The molecule has 0 unspecified atom stereocenters. The van der Waals surface area contributed by atoms with E-state index in [0.29, 0.717) is 11.3 Å². The summed E-state index contributed by atoms with van der Waals surface area (Å²) in [6.07, 6.45) is 6.06. The summed E-state index contributed by atoms with van der Waals surface area (Å²) < 4.78 is 0. The number of carbonyl (C=O) groups excluding carboxylic acids is 1. The van der Waals surface area contributed by atoms with Gasteiger partial charge in [0.2, 0.25) is 6.41 Å². The predicted octanol–water partition coefficient (Wildman–Crippen LogP) is 3.22. The molecule has 3 saturated carbocycles. The molecule has 0 bridgehead atoms. The van der Waals surface area contributed by atoms with Crippen LogP contribution in [0.1, 0.15) is 53.4 Å². The second-order valence-corrected chi connectivity index (χ2v) is 7.91. The van der Waals surface area contributed by atoms with Crippen LogP contribution in [0.25, 0.3) is 0 Å². The van der Waals surface area contributed by atoms with Crippen molar-refractivity contribution in [2.45, 2.75) is 58.9 Å². The van der Waals surface area contributed by atoms with Crippen molar-refractivity contribution < 1.29 is 4.79 Å². The van der Waals surface area contributed by atoms with Crippen LogP contribution in [-0.4, -0.2) is 11.9 Å². The number of amides is 1. The van der Waals surface area contributed by atoms with Gasteiger partial charge in [0.1, 0.15) is 0 Å². The van der Waals surface area contributed by atoms with Gasteiger partial charge in [-0.15, -0.1) is 0 Å². The molecule has 0 aromatic heterocycles. The minimum absolute atomic E-state index is 0.0562. The molecule has 0 saturated heterocycles. The van der Waals surface area contributed by atoms with Gasteiger partial charge in [0.25, 0.3) is 0 Å². The van der Waals surface area contributed by atoms with Crippen LogP contribution >= 0.6 is 0 Å². The maximum absolute atomic E-state index is 11.0. The van der Waals surface area contributed by atoms with E-state index >= 15 is 0 Å². The van der Waals surface area contributed by atoms with E-state index in [1.54, 1.807) is 0 Å². The lowest BCUT2D eigenvalue weighted by atomic mass is 9.72. The van der Waals surface area contributed by atoms with E-state index in [1.165, 1.54) is 25.7 Å². The van der Waals surface area contributed by atoms with Crippen molar-refractivity contribution in [2.75, 3.05) is 0 Å². The summed E-state index contributed by atoms with van der Waals surface area (Å²) in [4.78, 5) is 11.0. The first-order valence-corrected chi connectivity index (χ1v) is 7.63. The molecule has 1 amide bonds. The molecule has 6 atom stereocenters. The number of hydrogen-bond acceptors (Lipinski definition) is 1. The summed E-state index contributed by atoms with van der Waals surface area (Å²) >= 11 is 0. The Balaban J connectivity index is 1.92. The van der Waals surface area contributed by atoms with Gasteiger partial charge in [0, 0.05) is 5.54 Å². The second kappa shape index (κ2) is 3.74. The third-order valence-corrected chi connectivity index (χ3v) is 6.79. The maximum atomic E-state index is 11.0. The SMILES string of the molecule is C[C@H]1CC[C@H]2[C@H]1[C@@H]1[C@H](CC[C@]2(C)NC=O)C1(C)C. The second-order valence-electron chi connectivity index (χ2n) is 7.91. The third kappa shape index (κ3) is 1.50. The monoisotopic (exact) mass is 249 g/mol. The highest BCUT2D eigenvalue weighted by molar-refractivity contribution is 5.48. The topological polar surface area (TPSA) is 29.1 Å². The van der Waals surface area contributed by atoms with Gasteiger partial charge in [-0.1, -0.05) is 27.2 Å². The van der Waals surface area contributed by atoms with Crippen LogP contribution in [-0.2, 0) is 4.79 Å². The fourth-order valence-corrected chi connectivity index (χ4v) is 5.63. The average Bonchev–Trinajstić information content (AvgIpc) is 2.65. The Morgan fingerprint density at radius 2 is 1.83 bits per heavy atom. The van der Waals surface area contributed by atoms with Crippen molar-refractivity contribution in [1.82, 2.24) is 5.32 Å². The molecule has 0 aromatic carbocycles. The molecule has 1 N–H and O–H groups in total. The Hall–Kier alpha value is -0.530. The molecule has 102 valence electrons. The molecule has 3 rings (SSSR count). The van der Waals surface area contributed by atoms with E-state index < -0.39 is 0 Å². The highest BCUT2D eigenvalue weighted by Gasteiger charge is 2.66. The Kier molecular flexibility index (Phi) is 2.60. The van der Waals surface area contributed by atoms with Crippen LogP contribution in [0.15, 0.2) is 0 Å². The number of hydrogen-bond donors (Lipinski definition) is 1. The molecule has 2 heteroatoms. The van der Waals surface area contributed by atoms with Crippen molar-refractivity contribution in [3.8, 4) is 0 Å². The fourth-order valence-electron chi connectivity index (χ4n) is 5.63. The Morgan fingerprint density at radius 1 is 1.11 bits per heavy atom. The zero-order valence-electron chi connectivity index (χ0n) is 12.2. The summed E-state index contributed by atoms with van der Waals surface area (Å²) in [5, 5.41) is 3.18. The Bertz CT molecular complexity index is 364. The van der Waals surface area contributed by atoms with Gasteiger partial charge in [-0.3, -0.25) is 4.79 Å². The van der Waals surface area contributed by atoms with Gasteiger partial charge in [-0.05, 0) is 61.2 Å². The van der Waals surface area contributed by atoms with E-state index in [9.17, 15) is 4.79 Å². The van der Waals surface area contributed by atoms with Crippen molar-refractivity contribution in [3.05, 3.63) is 0 Å². The smallest absolute Gasteiger partial charge is 0.207 e. The summed E-state index contributed by atoms with van der Waals surface area (Å²) in [5.41, 5.74) is 0.616. The standard InChI is InChI=1S/C16H27NO/c1-10-5-6-11-13(10)14-12(15(14,2)3)7-8-16(11,4)17-9-18/h9-14H,5-8H2,1-4H3,(H,17,18)/t10-,11-,12-,13-,14-,16-/m0/s1. The quantitative estimate of drug-likeness (QED) is 0.748. The number of carbonyl (C=O) groups is 1. The zero-order valence-corrected chi connectivity index (χ0v) is 12.2. The summed E-state index contributed by atoms with van der Waals surface area (Å²) in [5.74, 6) is 4.20. The molecule has 18 heavy (non-hydrogen) atoms. The van der Waals surface area contributed by atoms with Crippen molar-refractivity contribution in [1.29, 1.82) is 0 Å². The average molecular weight is 249 g/mol. The van der Waals surface area contributed by atoms with Crippen molar-refractivity contribution in [3.63, 3.8) is 0 Å². The normalized spacial score (nSPS) is 53.0. The van der Waals surface area contributed by atoms with Crippen LogP contribution in [0.5, 0.6) is 0 Å². The van der Waals surface area contributed by atoms with E-state index in [4.69, 9.17) is 0 Å². The molecule has 3 aliphatic rings. The molecule has 2 nitrogen and oxygen atoms in total. The van der Waals surface area contributed by atoms with Gasteiger partial charge in [-0.2, -0.15) is 0 Å². The molecule has 0 heterocycles. The highest BCUT2D eigenvalue weighted by Crippen LogP contribution is 2.71. The lowest BCUT2D eigenvalue weighted by Gasteiger charge is -2.39. The van der Waals surface area contributed by atoms with Crippen molar-refractivity contribution in [2.24, 2.45) is 35.0 Å². The lowest BCUT2D eigenvalue weighted by Crippen LogP contribution is -2.49. The van der Waals surface area contributed by atoms with E-state index in [1.807, 2.05) is 0 Å². The summed E-state index contributed by atoms with van der Waals surface area (Å²) in [7, 11) is 0. The predicted molar refractivity (Wildman–Crippen MR) is 73.0 cm³/mol. The minimum atomic E-state index is 0.0562. The van der Waals surface area contributed by atoms with Crippen molar-refractivity contribution >= 4 is 6.41 Å². The highest BCUT2D eigenvalue weighted by atomic mass is 16.1. The first-order chi connectivity index (χ1) is 8.42. The number of fused-ring (bicyclic) bond motifs is 3. The van der Waals surface area contributed by atoms with Gasteiger partial charge >= 0.3 is 0 Å². The maximum Gasteiger partial charge on any atom is 0.207 e. The first kappa shape index (κ1) is 12.5. The summed E-state index contributed by atoms with van der Waals surface area (Å²) in [6.45, 7) is 9.64. The lowest BCUT2D eigenvalue weighted by molar-refractivity contribution is -0.112.